The van der Waals surface area contributed by atoms with Crippen LogP contribution in [0.3, 0.4) is 0 Å². The van der Waals surface area contributed by atoms with E-state index in [0.29, 0.717) is 5.57 Å². The maximum Gasteiger partial charge on any atom is 0.303 e. The molecule has 0 heterocycles. The molecule has 72 valence electrons. The zero-order valence-electron chi connectivity index (χ0n) is 8.16. The normalized spacial score (nSPS) is 28.2. The fourth-order valence-corrected chi connectivity index (χ4v) is 1.42. The summed E-state index contributed by atoms with van der Waals surface area (Å²) in [5, 5.41) is 0. The average Bonchev–Trinajstić information content (AvgIpc) is 2.05. The first-order valence-corrected chi connectivity index (χ1v) is 4.40. The molecule has 0 aromatic heterocycles. The number of allylic oxidation sites excluding steroid dienone is 1. The van der Waals surface area contributed by atoms with Crippen molar-refractivity contribution in [1.82, 2.24) is 0 Å². The zero-order chi connectivity index (χ0) is 10.0. The van der Waals surface area contributed by atoms with Crippen molar-refractivity contribution >= 4 is 11.8 Å². The first-order chi connectivity index (χ1) is 6.02. The summed E-state index contributed by atoms with van der Waals surface area (Å²) in [6.45, 7) is 4.99. The summed E-state index contributed by atoms with van der Waals surface area (Å²) in [5.74, 6) is -0.353. The van der Waals surface area contributed by atoms with Crippen LogP contribution in [-0.2, 0) is 14.3 Å². The Morgan fingerprint density at radius 3 is 2.77 bits per heavy atom. The Balaban J connectivity index is 2.77. The van der Waals surface area contributed by atoms with Crippen LogP contribution in [0, 0.1) is 5.92 Å². The van der Waals surface area contributed by atoms with Gasteiger partial charge in [-0.1, -0.05) is 13.0 Å². The molecule has 3 heteroatoms. The number of hydrogen-bond donors (Lipinski definition) is 0. The lowest BCUT2D eigenvalue weighted by atomic mass is 9.88. The van der Waals surface area contributed by atoms with Crippen LogP contribution in [0.25, 0.3) is 0 Å². The first-order valence-electron chi connectivity index (χ1n) is 4.40. The second-order valence-corrected chi connectivity index (χ2v) is 3.49. The highest BCUT2D eigenvalue weighted by Crippen LogP contribution is 2.23. The van der Waals surface area contributed by atoms with Crippen LogP contribution in [0.15, 0.2) is 11.6 Å². The topological polar surface area (TPSA) is 43.4 Å². The third-order valence-corrected chi connectivity index (χ3v) is 2.25. The van der Waals surface area contributed by atoms with Crippen molar-refractivity contribution in [3.63, 3.8) is 0 Å². The van der Waals surface area contributed by atoms with Crippen LogP contribution >= 0.6 is 0 Å². The molecule has 1 aliphatic carbocycles. The molecule has 0 fully saturated rings. The van der Waals surface area contributed by atoms with Gasteiger partial charge in [0, 0.05) is 12.8 Å². The molecule has 1 aliphatic rings. The number of carbonyl (C=O) groups excluding carboxylic acids is 2. The average molecular weight is 182 g/mol. The second kappa shape index (κ2) is 3.73. The number of rotatable bonds is 1. The van der Waals surface area contributed by atoms with E-state index in [4.69, 9.17) is 4.74 Å². The van der Waals surface area contributed by atoms with E-state index in [1.165, 1.54) is 6.92 Å². The minimum atomic E-state index is -0.567. The van der Waals surface area contributed by atoms with Crippen molar-refractivity contribution in [2.45, 2.75) is 33.3 Å². The molecule has 2 atom stereocenters. The van der Waals surface area contributed by atoms with Crippen molar-refractivity contribution in [3.8, 4) is 0 Å². The standard InChI is InChI=1S/C10H14O3/c1-6-4-5-7(2)10(9(6)12)13-8(3)11/h4,7,10H,5H2,1-3H3. The molecule has 1 rings (SSSR count). The van der Waals surface area contributed by atoms with Gasteiger partial charge in [-0.05, 0) is 18.9 Å². The second-order valence-electron chi connectivity index (χ2n) is 3.49. The minimum Gasteiger partial charge on any atom is -0.454 e. The van der Waals surface area contributed by atoms with E-state index in [1.54, 1.807) is 6.92 Å². The molecule has 0 bridgehead atoms. The van der Waals surface area contributed by atoms with Crippen molar-refractivity contribution in [2.75, 3.05) is 0 Å². The first kappa shape index (κ1) is 9.96. The lowest BCUT2D eigenvalue weighted by molar-refractivity contribution is -0.155. The Morgan fingerprint density at radius 2 is 2.23 bits per heavy atom. The number of carbonyl (C=O) groups is 2. The summed E-state index contributed by atoms with van der Waals surface area (Å²) >= 11 is 0. The molecule has 0 amide bonds. The Morgan fingerprint density at radius 1 is 1.62 bits per heavy atom. The lowest BCUT2D eigenvalue weighted by Crippen LogP contribution is -2.35. The number of esters is 1. The van der Waals surface area contributed by atoms with Crippen molar-refractivity contribution in [2.24, 2.45) is 5.92 Å². The van der Waals surface area contributed by atoms with Crippen LogP contribution < -0.4 is 0 Å². The van der Waals surface area contributed by atoms with Gasteiger partial charge in [-0.25, -0.2) is 0 Å². The largest absolute Gasteiger partial charge is 0.454 e. The highest BCUT2D eigenvalue weighted by molar-refractivity contribution is 6.00. The zero-order valence-corrected chi connectivity index (χ0v) is 8.16. The SMILES string of the molecule is CC(=O)OC1C(=O)C(C)=CCC1C. The van der Waals surface area contributed by atoms with Crippen LogP contribution in [-0.4, -0.2) is 17.9 Å². The van der Waals surface area contributed by atoms with Gasteiger partial charge in [0.15, 0.2) is 11.9 Å². The summed E-state index contributed by atoms with van der Waals surface area (Å²) in [6.07, 6.45) is 2.13. The summed E-state index contributed by atoms with van der Waals surface area (Å²) in [5.41, 5.74) is 0.698. The third-order valence-electron chi connectivity index (χ3n) is 2.25. The molecule has 0 aromatic rings. The van der Waals surface area contributed by atoms with E-state index >= 15 is 0 Å². The number of Topliss-reactive ketones (excluding diaryl/α,β-unsaturated/α-hetero) is 1. The molecule has 13 heavy (non-hydrogen) atoms. The molecule has 0 N–H and O–H groups in total. The summed E-state index contributed by atoms with van der Waals surface area (Å²) in [7, 11) is 0. The van der Waals surface area contributed by atoms with Crippen molar-refractivity contribution < 1.29 is 14.3 Å². The molecule has 0 spiro atoms. The van der Waals surface area contributed by atoms with Gasteiger partial charge in [-0.3, -0.25) is 9.59 Å². The van der Waals surface area contributed by atoms with Crippen LogP contribution in [0.2, 0.25) is 0 Å². The third kappa shape index (κ3) is 2.17. The number of hydrogen-bond acceptors (Lipinski definition) is 3. The molecule has 0 aromatic carbocycles. The van der Waals surface area contributed by atoms with Gasteiger partial charge < -0.3 is 4.74 Å². The van der Waals surface area contributed by atoms with Crippen LogP contribution in [0.4, 0.5) is 0 Å². The number of ether oxygens (including phenoxy) is 1. The van der Waals surface area contributed by atoms with E-state index in [2.05, 4.69) is 0 Å². The van der Waals surface area contributed by atoms with Gasteiger partial charge in [-0.15, -0.1) is 0 Å². The molecule has 0 radical (unpaired) electrons. The fourth-order valence-electron chi connectivity index (χ4n) is 1.42. The van der Waals surface area contributed by atoms with Gasteiger partial charge >= 0.3 is 5.97 Å². The molecular weight excluding hydrogens is 168 g/mol. The van der Waals surface area contributed by atoms with E-state index < -0.39 is 6.10 Å². The molecule has 2 unspecified atom stereocenters. The smallest absolute Gasteiger partial charge is 0.303 e. The summed E-state index contributed by atoms with van der Waals surface area (Å²) < 4.78 is 4.96. The van der Waals surface area contributed by atoms with Gasteiger partial charge in [0.1, 0.15) is 0 Å². The van der Waals surface area contributed by atoms with E-state index in [-0.39, 0.29) is 17.7 Å². The van der Waals surface area contributed by atoms with E-state index in [1.807, 2.05) is 13.0 Å². The summed E-state index contributed by atoms with van der Waals surface area (Å²) in [4.78, 5) is 22.2. The number of ketones is 1. The van der Waals surface area contributed by atoms with Crippen molar-refractivity contribution in [1.29, 1.82) is 0 Å². The lowest BCUT2D eigenvalue weighted by Gasteiger charge is -2.25. The molecule has 3 nitrogen and oxygen atoms in total. The van der Waals surface area contributed by atoms with Gasteiger partial charge in [0.25, 0.3) is 0 Å². The maximum absolute atomic E-state index is 11.5. The van der Waals surface area contributed by atoms with Crippen LogP contribution in [0.1, 0.15) is 27.2 Å². The maximum atomic E-state index is 11.5. The molecule has 0 saturated carbocycles. The van der Waals surface area contributed by atoms with E-state index in [0.717, 1.165) is 6.42 Å². The predicted molar refractivity (Wildman–Crippen MR) is 48.1 cm³/mol. The van der Waals surface area contributed by atoms with Gasteiger partial charge in [0.05, 0.1) is 0 Å². The highest BCUT2D eigenvalue weighted by Gasteiger charge is 2.31. The Hall–Kier alpha value is -1.12. The quantitative estimate of drug-likeness (QED) is 0.577. The summed E-state index contributed by atoms with van der Waals surface area (Å²) in [6, 6.07) is 0. The van der Waals surface area contributed by atoms with Gasteiger partial charge in [0.2, 0.25) is 0 Å². The predicted octanol–water partition coefficient (Wildman–Crippen LogP) is 1.47. The molecule has 0 aliphatic heterocycles. The fraction of sp³-hybridized carbons (Fsp3) is 0.600. The Labute approximate surface area is 77.8 Å². The van der Waals surface area contributed by atoms with Crippen molar-refractivity contribution in [3.05, 3.63) is 11.6 Å². The molecular formula is C10H14O3. The Bertz CT molecular complexity index is 265. The minimum absolute atomic E-state index is 0.0612. The van der Waals surface area contributed by atoms with Gasteiger partial charge in [-0.2, -0.15) is 0 Å². The highest BCUT2D eigenvalue weighted by atomic mass is 16.5. The van der Waals surface area contributed by atoms with E-state index in [9.17, 15) is 9.59 Å². The monoisotopic (exact) mass is 182 g/mol. The molecule has 0 saturated heterocycles. The van der Waals surface area contributed by atoms with Crippen LogP contribution in [0.5, 0.6) is 0 Å². The Kier molecular flexibility index (Phi) is 2.86.